The van der Waals surface area contributed by atoms with E-state index in [1.165, 1.54) is 29.3 Å². The number of amides is 1. The Balaban J connectivity index is 1.13. The summed E-state index contributed by atoms with van der Waals surface area (Å²) in [7, 11) is 1.81. The van der Waals surface area contributed by atoms with Crippen molar-refractivity contribution in [3.05, 3.63) is 36.0 Å². The molecule has 7 heteroatoms. The van der Waals surface area contributed by atoms with Crippen molar-refractivity contribution in [1.82, 2.24) is 25.4 Å². The molecule has 2 aliphatic rings. The smallest absolute Gasteiger partial charge is 0.225 e. The largest absolute Gasteiger partial charge is 0.361 e. The Morgan fingerprint density at radius 2 is 1.84 bits per heavy atom. The number of carbonyl (C=O) groups is 1. The SMILES string of the molecule is CN=C(NCCc1c[nH]c2ccccc12)NCCN1CCN(C(=O)C2CCCC2)CC1. The van der Waals surface area contributed by atoms with Gasteiger partial charge in [-0.15, -0.1) is 0 Å². The number of para-hydroxylation sites is 1. The zero-order chi connectivity index (χ0) is 21.5. The first-order valence-electron chi connectivity index (χ1n) is 11.8. The van der Waals surface area contributed by atoms with Crippen LogP contribution in [0.1, 0.15) is 31.2 Å². The third kappa shape index (κ3) is 5.58. The maximum atomic E-state index is 12.6. The summed E-state index contributed by atoms with van der Waals surface area (Å²) in [5.74, 6) is 1.54. The van der Waals surface area contributed by atoms with E-state index in [4.69, 9.17) is 0 Å². The van der Waals surface area contributed by atoms with E-state index in [1.807, 2.05) is 7.05 Å². The highest BCUT2D eigenvalue weighted by atomic mass is 16.2. The van der Waals surface area contributed by atoms with E-state index in [9.17, 15) is 4.79 Å². The van der Waals surface area contributed by atoms with E-state index in [0.717, 1.165) is 71.0 Å². The average molecular weight is 425 g/mol. The minimum Gasteiger partial charge on any atom is -0.361 e. The van der Waals surface area contributed by atoms with Gasteiger partial charge in [0.1, 0.15) is 0 Å². The number of aromatic amines is 1. The molecule has 1 saturated carbocycles. The van der Waals surface area contributed by atoms with Crippen molar-refractivity contribution in [2.45, 2.75) is 32.1 Å². The van der Waals surface area contributed by atoms with Gasteiger partial charge in [-0.05, 0) is 30.9 Å². The van der Waals surface area contributed by atoms with Gasteiger partial charge in [0.15, 0.2) is 5.96 Å². The second-order valence-corrected chi connectivity index (χ2v) is 8.68. The fourth-order valence-electron chi connectivity index (χ4n) is 4.83. The van der Waals surface area contributed by atoms with Crippen molar-refractivity contribution >= 4 is 22.8 Å². The van der Waals surface area contributed by atoms with Crippen LogP contribution in [-0.4, -0.2) is 79.5 Å². The zero-order valence-electron chi connectivity index (χ0n) is 18.7. The Morgan fingerprint density at radius 1 is 1.10 bits per heavy atom. The van der Waals surface area contributed by atoms with Crippen LogP contribution in [-0.2, 0) is 11.2 Å². The summed E-state index contributed by atoms with van der Waals surface area (Å²) in [6.07, 6.45) is 7.67. The van der Waals surface area contributed by atoms with Crippen molar-refractivity contribution in [2.75, 3.05) is 52.9 Å². The van der Waals surface area contributed by atoms with E-state index in [1.54, 1.807) is 0 Å². The molecule has 3 N–H and O–H groups in total. The number of piperazine rings is 1. The second-order valence-electron chi connectivity index (χ2n) is 8.68. The molecule has 1 aliphatic carbocycles. The minimum absolute atomic E-state index is 0.298. The molecule has 1 aromatic heterocycles. The molecule has 2 fully saturated rings. The van der Waals surface area contributed by atoms with E-state index >= 15 is 0 Å². The lowest BCUT2D eigenvalue weighted by Gasteiger charge is -2.36. The van der Waals surface area contributed by atoms with Gasteiger partial charge >= 0.3 is 0 Å². The summed E-state index contributed by atoms with van der Waals surface area (Å²) < 4.78 is 0. The Labute approximate surface area is 185 Å². The van der Waals surface area contributed by atoms with Crippen molar-refractivity contribution in [1.29, 1.82) is 0 Å². The van der Waals surface area contributed by atoms with Crippen molar-refractivity contribution < 1.29 is 4.79 Å². The first-order chi connectivity index (χ1) is 15.2. The van der Waals surface area contributed by atoms with E-state index in [-0.39, 0.29) is 0 Å². The lowest BCUT2D eigenvalue weighted by atomic mass is 10.1. The number of guanidine groups is 1. The van der Waals surface area contributed by atoms with E-state index in [0.29, 0.717) is 11.8 Å². The molecule has 1 saturated heterocycles. The van der Waals surface area contributed by atoms with Gasteiger partial charge in [0.05, 0.1) is 0 Å². The van der Waals surface area contributed by atoms with E-state index in [2.05, 4.69) is 60.9 Å². The van der Waals surface area contributed by atoms with Gasteiger partial charge in [-0.25, -0.2) is 0 Å². The molecule has 4 rings (SSSR count). The van der Waals surface area contributed by atoms with Crippen LogP contribution in [0.3, 0.4) is 0 Å². The number of nitrogens with zero attached hydrogens (tertiary/aromatic N) is 3. The van der Waals surface area contributed by atoms with Gasteiger partial charge in [-0.2, -0.15) is 0 Å². The lowest BCUT2D eigenvalue weighted by Crippen LogP contribution is -2.52. The quantitative estimate of drug-likeness (QED) is 0.471. The standard InChI is InChI=1S/C24H36N6O/c1-25-24(26-11-10-20-18-28-22-9-5-4-8-21(20)22)27-12-13-29-14-16-30(17-15-29)23(31)19-6-2-3-7-19/h4-5,8-9,18-19,28H,2-3,6-7,10-17H2,1H3,(H2,25,26,27). The van der Waals surface area contributed by atoms with Crippen molar-refractivity contribution in [3.63, 3.8) is 0 Å². The number of aliphatic imine (C=N–C) groups is 1. The number of rotatable bonds is 7. The number of fused-ring (bicyclic) bond motifs is 1. The Kier molecular flexibility index (Phi) is 7.46. The lowest BCUT2D eigenvalue weighted by molar-refractivity contribution is -0.137. The highest BCUT2D eigenvalue weighted by molar-refractivity contribution is 5.83. The fourth-order valence-corrected chi connectivity index (χ4v) is 4.83. The molecule has 0 unspecified atom stereocenters. The number of hydrogen-bond acceptors (Lipinski definition) is 3. The van der Waals surface area contributed by atoms with Crippen LogP contribution in [0.15, 0.2) is 35.5 Å². The second kappa shape index (κ2) is 10.7. The fraction of sp³-hybridized carbons (Fsp3) is 0.583. The van der Waals surface area contributed by atoms with Crippen LogP contribution in [0, 0.1) is 5.92 Å². The molecule has 0 radical (unpaired) electrons. The minimum atomic E-state index is 0.298. The van der Waals surface area contributed by atoms with Gasteiger partial charge in [0.2, 0.25) is 5.91 Å². The molecular formula is C24H36N6O. The molecule has 0 bridgehead atoms. The third-order valence-corrected chi connectivity index (χ3v) is 6.69. The van der Waals surface area contributed by atoms with Crippen LogP contribution in [0.25, 0.3) is 10.9 Å². The molecule has 168 valence electrons. The van der Waals surface area contributed by atoms with Gasteiger partial charge in [0.25, 0.3) is 0 Å². The van der Waals surface area contributed by atoms with Gasteiger partial charge in [-0.3, -0.25) is 14.7 Å². The molecule has 2 aromatic rings. The van der Waals surface area contributed by atoms with Crippen LogP contribution < -0.4 is 10.6 Å². The Hall–Kier alpha value is -2.54. The molecule has 0 spiro atoms. The highest BCUT2D eigenvalue weighted by Crippen LogP contribution is 2.26. The van der Waals surface area contributed by atoms with Crippen LogP contribution in [0.4, 0.5) is 0 Å². The summed E-state index contributed by atoms with van der Waals surface area (Å²) in [6, 6.07) is 8.41. The maximum Gasteiger partial charge on any atom is 0.225 e. The molecule has 1 amide bonds. The summed E-state index contributed by atoms with van der Waals surface area (Å²) >= 11 is 0. The summed E-state index contributed by atoms with van der Waals surface area (Å²) in [5, 5.41) is 8.13. The number of aromatic nitrogens is 1. The van der Waals surface area contributed by atoms with Crippen molar-refractivity contribution in [2.24, 2.45) is 10.9 Å². The maximum absolute atomic E-state index is 12.6. The first kappa shape index (κ1) is 21.7. The third-order valence-electron chi connectivity index (χ3n) is 6.69. The van der Waals surface area contributed by atoms with Gasteiger partial charge < -0.3 is 20.5 Å². The summed E-state index contributed by atoms with van der Waals surface area (Å²) in [4.78, 5) is 24.8. The molecule has 1 aromatic carbocycles. The first-order valence-corrected chi connectivity index (χ1v) is 11.8. The van der Waals surface area contributed by atoms with Crippen LogP contribution in [0.2, 0.25) is 0 Å². The van der Waals surface area contributed by atoms with Gasteiger partial charge in [0, 0.05) is 75.9 Å². The van der Waals surface area contributed by atoms with Gasteiger partial charge in [-0.1, -0.05) is 31.0 Å². The monoisotopic (exact) mass is 424 g/mol. The van der Waals surface area contributed by atoms with Crippen molar-refractivity contribution in [3.8, 4) is 0 Å². The molecule has 7 nitrogen and oxygen atoms in total. The van der Waals surface area contributed by atoms with E-state index < -0.39 is 0 Å². The summed E-state index contributed by atoms with van der Waals surface area (Å²) in [5.41, 5.74) is 2.51. The van der Waals surface area contributed by atoms with Crippen LogP contribution >= 0.6 is 0 Å². The number of benzene rings is 1. The molecule has 2 heterocycles. The average Bonchev–Trinajstić information content (AvgIpc) is 3.49. The number of carbonyl (C=O) groups excluding carboxylic acids is 1. The molecule has 31 heavy (non-hydrogen) atoms. The number of hydrogen-bond donors (Lipinski definition) is 3. The Morgan fingerprint density at radius 3 is 2.61 bits per heavy atom. The Bertz CT molecular complexity index is 877. The molecule has 0 atom stereocenters. The zero-order valence-corrected chi connectivity index (χ0v) is 18.7. The normalized spacial score (nSPS) is 18.6. The predicted octanol–water partition coefficient (Wildman–Crippen LogP) is 2.21. The summed E-state index contributed by atoms with van der Waals surface area (Å²) in [6.45, 7) is 6.32. The number of H-pyrrole nitrogens is 1. The number of nitrogens with one attached hydrogen (secondary N) is 3. The predicted molar refractivity (Wildman–Crippen MR) is 126 cm³/mol. The highest BCUT2D eigenvalue weighted by Gasteiger charge is 2.29. The van der Waals surface area contributed by atoms with Crippen LogP contribution in [0.5, 0.6) is 0 Å². The molecule has 1 aliphatic heterocycles. The topological polar surface area (TPSA) is 75.8 Å². The molecular weight excluding hydrogens is 388 g/mol.